The lowest BCUT2D eigenvalue weighted by Crippen LogP contribution is -2.32. The number of carbonyl (C=O) groups is 1. The summed E-state index contributed by atoms with van der Waals surface area (Å²) >= 11 is 0. The zero-order valence-electron chi connectivity index (χ0n) is 14.4. The van der Waals surface area contributed by atoms with Crippen LogP contribution in [-0.4, -0.2) is 25.7 Å². The number of rotatable bonds is 5. The van der Waals surface area contributed by atoms with Crippen molar-refractivity contribution >= 4 is 5.91 Å². The Balaban J connectivity index is 1.91. The Morgan fingerprint density at radius 1 is 1.31 bits per heavy atom. The van der Waals surface area contributed by atoms with E-state index in [-0.39, 0.29) is 17.3 Å². The number of hydrogen-bond acceptors (Lipinski definition) is 4. The maximum atomic E-state index is 13.3. The third kappa shape index (κ3) is 4.02. The number of nitrogens with zero attached hydrogens (tertiary/aromatic N) is 3. The molecule has 0 spiro atoms. The van der Waals surface area contributed by atoms with Gasteiger partial charge in [0.05, 0.1) is 11.7 Å². The Hall–Kier alpha value is -3.29. The van der Waals surface area contributed by atoms with Crippen LogP contribution in [0, 0.1) is 12.7 Å². The van der Waals surface area contributed by atoms with Crippen LogP contribution in [0.15, 0.2) is 47.4 Å². The second-order valence-corrected chi connectivity index (χ2v) is 5.94. The maximum Gasteiger partial charge on any atom is 0.270 e. The third-order valence-corrected chi connectivity index (χ3v) is 3.96. The second-order valence-electron chi connectivity index (χ2n) is 5.94. The summed E-state index contributed by atoms with van der Waals surface area (Å²) in [5.74, 6) is -0.195. The van der Waals surface area contributed by atoms with Crippen LogP contribution < -0.4 is 10.9 Å². The summed E-state index contributed by atoms with van der Waals surface area (Å²) in [6.07, 6.45) is 1.82. The molecule has 3 rings (SSSR count). The maximum absolute atomic E-state index is 13.3. The number of aromatic nitrogens is 4. The molecule has 0 saturated carbocycles. The molecule has 0 saturated heterocycles. The Bertz CT molecular complexity index is 978. The fourth-order valence-corrected chi connectivity index (χ4v) is 2.73. The molecule has 2 N–H and O–H groups in total. The molecule has 1 amide bonds. The van der Waals surface area contributed by atoms with Crippen LogP contribution in [-0.2, 0) is 13.5 Å². The van der Waals surface area contributed by atoms with Crippen molar-refractivity contribution in [1.29, 1.82) is 0 Å². The lowest BCUT2D eigenvalue weighted by atomic mass is 10.0. The highest BCUT2D eigenvalue weighted by Gasteiger charge is 2.19. The van der Waals surface area contributed by atoms with E-state index in [9.17, 15) is 14.0 Å². The molecule has 1 atom stereocenters. The van der Waals surface area contributed by atoms with Crippen molar-refractivity contribution in [1.82, 2.24) is 25.1 Å². The van der Waals surface area contributed by atoms with Gasteiger partial charge >= 0.3 is 0 Å². The fourth-order valence-electron chi connectivity index (χ4n) is 2.73. The number of carbonyl (C=O) groups excluding carboxylic acids is 1. The van der Waals surface area contributed by atoms with Crippen molar-refractivity contribution < 1.29 is 9.18 Å². The molecule has 2 heterocycles. The van der Waals surface area contributed by atoms with E-state index in [1.54, 1.807) is 32.2 Å². The Labute approximate surface area is 148 Å². The zero-order valence-corrected chi connectivity index (χ0v) is 14.4. The van der Waals surface area contributed by atoms with Gasteiger partial charge in [0.25, 0.3) is 11.5 Å². The van der Waals surface area contributed by atoms with E-state index >= 15 is 0 Å². The minimum Gasteiger partial charge on any atom is -0.344 e. The first-order valence-electron chi connectivity index (χ1n) is 8.03. The fraction of sp³-hybridized carbons (Fsp3) is 0.222. The van der Waals surface area contributed by atoms with Gasteiger partial charge in [-0.3, -0.25) is 14.3 Å². The van der Waals surface area contributed by atoms with Crippen LogP contribution in [0.5, 0.6) is 0 Å². The second kappa shape index (κ2) is 7.30. The lowest BCUT2D eigenvalue weighted by Gasteiger charge is -2.19. The molecular formula is C18H18FN5O2. The molecule has 26 heavy (non-hydrogen) atoms. The highest BCUT2D eigenvalue weighted by Crippen LogP contribution is 2.18. The van der Waals surface area contributed by atoms with E-state index < -0.39 is 6.04 Å². The summed E-state index contributed by atoms with van der Waals surface area (Å²) in [6.45, 7) is 1.69. The molecule has 7 nitrogen and oxygen atoms in total. The van der Waals surface area contributed by atoms with Crippen molar-refractivity contribution in [2.45, 2.75) is 19.4 Å². The van der Waals surface area contributed by atoms with Crippen LogP contribution in [0.3, 0.4) is 0 Å². The van der Waals surface area contributed by atoms with Gasteiger partial charge in [0.2, 0.25) is 0 Å². The molecule has 2 aromatic heterocycles. The number of aryl methyl sites for hydroxylation is 2. The molecule has 0 bridgehead atoms. The third-order valence-electron chi connectivity index (χ3n) is 3.96. The van der Waals surface area contributed by atoms with E-state index in [0.29, 0.717) is 29.2 Å². The van der Waals surface area contributed by atoms with Gasteiger partial charge in [0, 0.05) is 25.7 Å². The van der Waals surface area contributed by atoms with Crippen LogP contribution in [0.25, 0.3) is 0 Å². The predicted octanol–water partition coefficient (Wildman–Crippen LogP) is 1.66. The summed E-state index contributed by atoms with van der Waals surface area (Å²) in [5, 5.41) is 6.89. The molecular weight excluding hydrogens is 337 g/mol. The molecule has 3 aromatic rings. The normalized spacial score (nSPS) is 12.0. The van der Waals surface area contributed by atoms with Gasteiger partial charge < -0.3 is 10.3 Å². The zero-order chi connectivity index (χ0) is 18.7. The SMILES string of the molecule is Cc1nc(CC(NC(=O)c2ccnn2C)c2ccc(F)cc2)cc(=O)[nH]1. The van der Waals surface area contributed by atoms with Gasteiger partial charge in [0.15, 0.2) is 0 Å². The number of H-pyrrole nitrogens is 1. The molecule has 0 aliphatic heterocycles. The number of nitrogens with one attached hydrogen (secondary N) is 2. The van der Waals surface area contributed by atoms with Gasteiger partial charge in [-0.2, -0.15) is 5.10 Å². The van der Waals surface area contributed by atoms with E-state index in [4.69, 9.17) is 0 Å². The highest BCUT2D eigenvalue weighted by molar-refractivity contribution is 5.92. The standard InChI is InChI=1S/C18H18FN5O2/c1-11-21-14(10-17(25)22-11)9-15(12-3-5-13(19)6-4-12)23-18(26)16-7-8-20-24(16)2/h3-8,10,15H,9H2,1-2H3,(H,23,26)(H,21,22,25). The quantitative estimate of drug-likeness (QED) is 0.728. The van der Waals surface area contributed by atoms with E-state index in [0.717, 1.165) is 0 Å². The van der Waals surface area contributed by atoms with Crippen molar-refractivity contribution in [3.8, 4) is 0 Å². The van der Waals surface area contributed by atoms with Crippen molar-refractivity contribution in [2.24, 2.45) is 7.05 Å². The molecule has 0 aliphatic carbocycles. The number of halogens is 1. The van der Waals surface area contributed by atoms with Crippen molar-refractivity contribution in [3.63, 3.8) is 0 Å². The monoisotopic (exact) mass is 355 g/mol. The number of benzene rings is 1. The lowest BCUT2D eigenvalue weighted by molar-refractivity contribution is 0.0927. The summed E-state index contributed by atoms with van der Waals surface area (Å²) in [7, 11) is 1.67. The first kappa shape index (κ1) is 17.5. The van der Waals surface area contributed by atoms with Gasteiger partial charge in [-0.05, 0) is 30.7 Å². The number of aromatic amines is 1. The molecule has 8 heteroatoms. The van der Waals surface area contributed by atoms with Gasteiger partial charge in [0.1, 0.15) is 17.3 Å². The largest absolute Gasteiger partial charge is 0.344 e. The molecule has 0 radical (unpaired) electrons. The molecule has 0 fully saturated rings. The van der Waals surface area contributed by atoms with Crippen LogP contribution in [0.1, 0.15) is 33.6 Å². The van der Waals surface area contributed by atoms with Crippen LogP contribution in [0.2, 0.25) is 0 Å². The minimum absolute atomic E-state index is 0.261. The first-order valence-corrected chi connectivity index (χ1v) is 8.03. The number of amides is 1. The smallest absolute Gasteiger partial charge is 0.270 e. The molecule has 1 aromatic carbocycles. The van der Waals surface area contributed by atoms with Gasteiger partial charge in [-0.15, -0.1) is 0 Å². The summed E-state index contributed by atoms with van der Waals surface area (Å²) in [4.78, 5) is 31.1. The van der Waals surface area contributed by atoms with E-state index in [1.807, 2.05) is 0 Å². The Morgan fingerprint density at radius 2 is 2.04 bits per heavy atom. The van der Waals surface area contributed by atoms with Gasteiger partial charge in [-0.25, -0.2) is 9.37 Å². The minimum atomic E-state index is -0.480. The molecule has 1 unspecified atom stereocenters. The van der Waals surface area contributed by atoms with Crippen LogP contribution in [0.4, 0.5) is 4.39 Å². The molecule has 0 aliphatic rings. The number of hydrogen-bond donors (Lipinski definition) is 2. The van der Waals surface area contributed by atoms with Crippen molar-refractivity contribution in [3.05, 3.63) is 81.5 Å². The topological polar surface area (TPSA) is 92.7 Å². The summed E-state index contributed by atoms with van der Waals surface area (Å²) < 4.78 is 14.7. The van der Waals surface area contributed by atoms with Crippen LogP contribution >= 0.6 is 0 Å². The predicted molar refractivity (Wildman–Crippen MR) is 93.1 cm³/mol. The Kier molecular flexibility index (Phi) is 4.92. The summed E-state index contributed by atoms with van der Waals surface area (Å²) in [5.41, 5.74) is 1.38. The van der Waals surface area contributed by atoms with Gasteiger partial charge in [-0.1, -0.05) is 12.1 Å². The average molecular weight is 355 g/mol. The molecule has 134 valence electrons. The highest BCUT2D eigenvalue weighted by atomic mass is 19.1. The van der Waals surface area contributed by atoms with E-state index in [1.165, 1.54) is 29.1 Å². The van der Waals surface area contributed by atoms with Crippen molar-refractivity contribution in [2.75, 3.05) is 0 Å². The Morgan fingerprint density at radius 3 is 2.65 bits per heavy atom. The average Bonchev–Trinajstić information content (AvgIpc) is 3.00. The first-order chi connectivity index (χ1) is 12.4. The summed E-state index contributed by atoms with van der Waals surface area (Å²) in [6, 6.07) is 8.37. The van der Waals surface area contributed by atoms with E-state index in [2.05, 4.69) is 20.4 Å².